The summed E-state index contributed by atoms with van der Waals surface area (Å²) in [6.07, 6.45) is 12.1. The number of unbranched alkanes of at least 4 members (excludes halogenated alkanes) is 3. The van der Waals surface area contributed by atoms with Crippen molar-refractivity contribution in [1.82, 2.24) is 0 Å². The topological polar surface area (TPSA) is 101 Å². The van der Waals surface area contributed by atoms with Crippen molar-refractivity contribution in [2.24, 2.45) is 28.6 Å². The summed E-state index contributed by atoms with van der Waals surface area (Å²) in [7, 11) is 0. The highest BCUT2D eigenvalue weighted by Gasteiger charge is 2.63. The van der Waals surface area contributed by atoms with Crippen LogP contribution in [0, 0.1) is 28.6 Å². The smallest absolute Gasteiger partial charge is 0.336 e. The molecular weight excluding hydrogens is 420 g/mol. The van der Waals surface area contributed by atoms with E-state index < -0.39 is 29.4 Å². The summed E-state index contributed by atoms with van der Waals surface area (Å²) >= 11 is 0. The third-order valence-electron chi connectivity index (χ3n) is 8.26. The van der Waals surface area contributed by atoms with Gasteiger partial charge in [-0.05, 0) is 47.7 Å². The highest BCUT2D eigenvalue weighted by molar-refractivity contribution is 5.91. The quantitative estimate of drug-likeness (QED) is 0.272. The number of carboxylic acid groups (broad SMARTS) is 1. The fourth-order valence-corrected chi connectivity index (χ4v) is 6.14. The molecule has 33 heavy (non-hydrogen) atoms. The van der Waals surface area contributed by atoms with Gasteiger partial charge in [0.1, 0.15) is 11.5 Å². The molecule has 2 saturated carbocycles. The van der Waals surface area contributed by atoms with E-state index in [2.05, 4.69) is 20.8 Å². The highest BCUT2D eigenvalue weighted by atomic mass is 16.5. The number of fused-ring (bicyclic) bond motifs is 2. The lowest BCUT2D eigenvalue weighted by Gasteiger charge is -2.61. The van der Waals surface area contributed by atoms with Crippen molar-refractivity contribution in [3.8, 4) is 0 Å². The van der Waals surface area contributed by atoms with Crippen LogP contribution in [0.4, 0.5) is 0 Å². The minimum atomic E-state index is -1.24. The Kier molecular flexibility index (Phi) is 7.67. The number of carbonyl (C=O) groups excluding carboxylic acids is 2. The minimum Gasteiger partial charge on any atom is -0.478 e. The van der Waals surface area contributed by atoms with Gasteiger partial charge in [-0.3, -0.25) is 4.79 Å². The highest BCUT2D eigenvalue weighted by Crippen LogP contribution is 2.64. The Morgan fingerprint density at radius 1 is 1.24 bits per heavy atom. The van der Waals surface area contributed by atoms with Crippen molar-refractivity contribution in [1.29, 1.82) is 0 Å². The van der Waals surface area contributed by atoms with Crippen molar-refractivity contribution in [2.45, 2.75) is 85.2 Å². The SMILES string of the molecule is CCCCCCC(C)(C)C1=CC(O)C([C@@]2(C)C3CCC(=O)C2C3)C(OC(=O)/C=C/C(=O)O)=C1. The van der Waals surface area contributed by atoms with Gasteiger partial charge in [0.15, 0.2) is 0 Å². The Morgan fingerprint density at radius 2 is 1.97 bits per heavy atom. The van der Waals surface area contributed by atoms with Crippen LogP contribution < -0.4 is 0 Å². The van der Waals surface area contributed by atoms with Crippen LogP contribution in [0.1, 0.15) is 79.1 Å². The number of carbonyl (C=O) groups is 3. The van der Waals surface area contributed by atoms with E-state index in [0.717, 1.165) is 56.3 Å². The third-order valence-corrected chi connectivity index (χ3v) is 8.26. The maximum Gasteiger partial charge on any atom is 0.336 e. The monoisotopic (exact) mass is 458 g/mol. The lowest BCUT2D eigenvalue weighted by atomic mass is 9.42. The maximum atomic E-state index is 12.6. The first-order chi connectivity index (χ1) is 15.5. The van der Waals surface area contributed by atoms with Crippen LogP contribution in [0.3, 0.4) is 0 Å². The van der Waals surface area contributed by atoms with E-state index >= 15 is 0 Å². The molecule has 3 aliphatic rings. The Morgan fingerprint density at radius 3 is 2.58 bits per heavy atom. The molecule has 2 N–H and O–H groups in total. The second kappa shape index (κ2) is 9.96. The number of ether oxygens (including phenoxy) is 1. The molecule has 0 radical (unpaired) electrons. The van der Waals surface area contributed by atoms with Crippen molar-refractivity contribution >= 4 is 17.7 Å². The van der Waals surface area contributed by atoms with Crippen LogP contribution in [0.2, 0.25) is 0 Å². The molecule has 2 bridgehead atoms. The third kappa shape index (κ3) is 5.16. The molecule has 182 valence electrons. The van der Waals surface area contributed by atoms with E-state index in [1.165, 1.54) is 6.42 Å². The molecular formula is C27H38O6. The van der Waals surface area contributed by atoms with Gasteiger partial charge < -0.3 is 14.9 Å². The number of ketones is 1. The van der Waals surface area contributed by atoms with Crippen molar-refractivity contribution in [2.75, 3.05) is 0 Å². The number of aliphatic hydroxyl groups is 1. The van der Waals surface area contributed by atoms with Crippen LogP contribution in [0.15, 0.2) is 35.6 Å². The number of allylic oxidation sites excluding steroid dienone is 2. The maximum absolute atomic E-state index is 12.6. The molecule has 0 saturated heterocycles. The lowest BCUT2D eigenvalue weighted by Crippen LogP contribution is -2.61. The zero-order valence-electron chi connectivity index (χ0n) is 20.3. The molecule has 6 heteroatoms. The summed E-state index contributed by atoms with van der Waals surface area (Å²) in [5.41, 5.74) is 0.206. The molecule has 4 unspecified atom stereocenters. The predicted molar refractivity (Wildman–Crippen MR) is 125 cm³/mol. The van der Waals surface area contributed by atoms with Gasteiger partial charge >= 0.3 is 11.9 Å². The first-order valence-corrected chi connectivity index (χ1v) is 12.3. The molecule has 0 aromatic rings. The van der Waals surface area contributed by atoms with E-state index in [1.54, 1.807) is 0 Å². The molecule has 0 heterocycles. The first kappa shape index (κ1) is 25.4. The van der Waals surface area contributed by atoms with Gasteiger partial charge in [-0.15, -0.1) is 0 Å². The number of rotatable bonds is 10. The number of aliphatic carboxylic acids is 1. The Labute approximate surface area is 196 Å². The molecule has 0 aromatic carbocycles. The zero-order chi connectivity index (χ0) is 24.4. The number of Topliss-reactive ketones (excluding diaryl/α,β-unsaturated/α-hetero) is 1. The van der Waals surface area contributed by atoms with Crippen molar-refractivity contribution < 1.29 is 29.3 Å². The van der Waals surface area contributed by atoms with Crippen LogP contribution in [0.25, 0.3) is 0 Å². The second-order valence-electron chi connectivity index (χ2n) is 10.8. The Hall–Kier alpha value is -2.21. The van der Waals surface area contributed by atoms with E-state index in [1.807, 2.05) is 19.1 Å². The summed E-state index contributed by atoms with van der Waals surface area (Å²) in [6, 6.07) is 0. The normalized spacial score (nSPS) is 31.6. The van der Waals surface area contributed by atoms with Crippen LogP contribution in [0.5, 0.6) is 0 Å². The number of hydrogen-bond acceptors (Lipinski definition) is 5. The molecule has 5 atom stereocenters. The van der Waals surface area contributed by atoms with Gasteiger partial charge in [-0.2, -0.15) is 0 Å². The van der Waals surface area contributed by atoms with Gasteiger partial charge in [-0.25, -0.2) is 9.59 Å². The van der Waals surface area contributed by atoms with E-state index in [0.29, 0.717) is 12.2 Å². The van der Waals surface area contributed by atoms with E-state index in [9.17, 15) is 19.5 Å². The average Bonchev–Trinajstić information content (AvgIpc) is 2.74. The summed E-state index contributed by atoms with van der Waals surface area (Å²) in [4.78, 5) is 35.9. The molecule has 0 spiro atoms. The van der Waals surface area contributed by atoms with Gasteiger partial charge in [0, 0.05) is 24.5 Å². The van der Waals surface area contributed by atoms with Crippen molar-refractivity contribution in [3.63, 3.8) is 0 Å². The van der Waals surface area contributed by atoms with Crippen LogP contribution in [-0.2, 0) is 19.1 Å². The predicted octanol–water partition coefficient (Wildman–Crippen LogP) is 4.97. The van der Waals surface area contributed by atoms with Gasteiger partial charge in [0.05, 0.1) is 12.0 Å². The molecule has 0 aliphatic heterocycles. The summed E-state index contributed by atoms with van der Waals surface area (Å²) in [5.74, 6) is -1.85. The first-order valence-electron chi connectivity index (χ1n) is 12.3. The van der Waals surface area contributed by atoms with Crippen LogP contribution in [-0.4, -0.2) is 34.0 Å². The molecule has 3 rings (SSSR count). The summed E-state index contributed by atoms with van der Waals surface area (Å²) < 4.78 is 5.68. The summed E-state index contributed by atoms with van der Waals surface area (Å²) in [5, 5.41) is 20.2. The molecule has 0 aromatic heterocycles. The molecule has 6 nitrogen and oxygen atoms in total. The van der Waals surface area contributed by atoms with E-state index in [4.69, 9.17) is 9.84 Å². The lowest BCUT2D eigenvalue weighted by molar-refractivity contribution is -0.170. The number of aliphatic hydroxyl groups excluding tert-OH is 1. The zero-order valence-corrected chi connectivity index (χ0v) is 20.3. The van der Waals surface area contributed by atoms with Crippen LogP contribution >= 0.6 is 0 Å². The summed E-state index contributed by atoms with van der Waals surface area (Å²) in [6.45, 7) is 8.46. The standard InChI is InChI=1S/C27H38O6/c1-5-6-7-8-13-26(2,3)18-15-21(29)25(22(16-18)33-24(32)12-11-23(30)31)27(4)17-9-10-20(28)19(27)14-17/h11-12,15-17,19,21,25,29H,5-10,13-14H2,1-4H3,(H,30,31)/b12-11+/t17?,19?,21?,25?,27-/m0/s1. The molecule has 0 amide bonds. The molecule has 3 aliphatic carbocycles. The number of carboxylic acids is 1. The van der Waals surface area contributed by atoms with Gasteiger partial charge in [0.2, 0.25) is 0 Å². The molecule has 2 fully saturated rings. The average molecular weight is 459 g/mol. The fourth-order valence-electron chi connectivity index (χ4n) is 6.14. The second-order valence-corrected chi connectivity index (χ2v) is 10.8. The van der Waals surface area contributed by atoms with E-state index in [-0.39, 0.29) is 23.0 Å². The Bertz CT molecular complexity index is 877. The Balaban J connectivity index is 1.91. The minimum absolute atomic E-state index is 0.149. The fraction of sp³-hybridized carbons (Fsp3) is 0.667. The largest absolute Gasteiger partial charge is 0.478 e. The van der Waals surface area contributed by atoms with Gasteiger partial charge in [0.25, 0.3) is 0 Å². The van der Waals surface area contributed by atoms with Gasteiger partial charge in [-0.1, -0.05) is 59.5 Å². The number of esters is 1. The number of hydrogen-bond donors (Lipinski definition) is 2. The van der Waals surface area contributed by atoms with Crippen molar-refractivity contribution in [3.05, 3.63) is 35.6 Å².